The highest BCUT2D eigenvalue weighted by Gasteiger charge is 2.30. The highest BCUT2D eigenvalue weighted by molar-refractivity contribution is 7.89. The molecule has 1 aliphatic carbocycles. The molecule has 2 heterocycles. The van der Waals surface area contributed by atoms with Crippen molar-refractivity contribution in [2.45, 2.75) is 37.1 Å². The smallest absolute Gasteiger partial charge is 0.242 e. The number of pyridine rings is 1. The average Bonchev–Trinajstić information content (AvgIpc) is 3.03. The first-order valence-corrected chi connectivity index (χ1v) is 8.92. The van der Waals surface area contributed by atoms with Crippen LogP contribution >= 0.6 is 0 Å². The Hall–Kier alpha value is -1.51. The minimum Gasteiger partial charge on any atom is -0.330 e. The van der Waals surface area contributed by atoms with Crippen molar-refractivity contribution in [3.8, 4) is 0 Å². The van der Waals surface area contributed by atoms with Crippen LogP contribution in [0.1, 0.15) is 25.0 Å². The van der Waals surface area contributed by atoms with Gasteiger partial charge in [0.15, 0.2) is 5.65 Å². The Kier molecular flexibility index (Phi) is 3.92. The van der Waals surface area contributed by atoms with Gasteiger partial charge in [-0.1, -0.05) is 6.42 Å². The third kappa shape index (κ3) is 2.62. The number of hydrogen-bond acceptors (Lipinski definition) is 5. The van der Waals surface area contributed by atoms with Crippen LogP contribution in [0.3, 0.4) is 0 Å². The maximum atomic E-state index is 12.6. The van der Waals surface area contributed by atoms with Gasteiger partial charge in [-0.2, -0.15) is 5.10 Å². The van der Waals surface area contributed by atoms with E-state index in [1.807, 2.05) is 6.92 Å². The molecular formula is C14H21N5O2S. The second-order valence-electron chi connectivity index (χ2n) is 5.91. The molecule has 0 spiro atoms. The van der Waals surface area contributed by atoms with Crippen molar-refractivity contribution < 1.29 is 8.42 Å². The fourth-order valence-electron chi connectivity index (χ4n) is 3.18. The quantitative estimate of drug-likeness (QED) is 0.861. The Morgan fingerprint density at radius 2 is 2.23 bits per heavy atom. The molecule has 0 saturated heterocycles. The van der Waals surface area contributed by atoms with Gasteiger partial charge in [-0.25, -0.2) is 18.1 Å². The number of nitrogens with zero attached hydrogens (tertiary/aromatic N) is 3. The zero-order chi connectivity index (χ0) is 15.9. The van der Waals surface area contributed by atoms with Crippen molar-refractivity contribution in [3.05, 3.63) is 18.0 Å². The van der Waals surface area contributed by atoms with E-state index in [0.29, 0.717) is 12.2 Å². The Morgan fingerprint density at radius 3 is 2.95 bits per heavy atom. The average molecular weight is 323 g/mol. The van der Waals surface area contributed by atoms with Crippen LogP contribution in [0.4, 0.5) is 0 Å². The number of aromatic nitrogens is 3. The van der Waals surface area contributed by atoms with E-state index in [1.165, 1.54) is 6.20 Å². The lowest BCUT2D eigenvalue weighted by molar-refractivity contribution is 0.453. The van der Waals surface area contributed by atoms with Crippen LogP contribution in [-0.4, -0.2) is 35.8 Å². The summed E-state index contributed by atoms with van der Waals surface area (Å²) in [5, 5.41) is 5.02. The molecule has 2 aromatic rings. The van der Waals surface area contributed by atoms with E-state index in [9.17, 15) is 8.42 Å². The number of nitrogens with one attached hydrogen (secondary N) is 1. The summed E-state index contributed by atoms with van der Waals surface area (Å²) in [6, 6.07) is 1.56. The van der Waals surface area contributed by atoms with Gasteiger partial charge in [-0.3, -0.25) is 4.68 Å². The molecule has 0 unspecified atom stereocenters. The molecule has 0 radical (unpaired) electrons. The minimum atomic E-state index is -3.59. The van der Waals surface area contributed by atoms with Gasteiger partial charge in [0, 0.05) is 24.7 Å². The number of nitrogens with two attached hydrogens (primary N) is 1. The van der Waals surface area contributed by atoms with E-state index in [2.05, 4.69) is 14.8 Å². The fraction of sp³-hybridized carbons (Fsp3) is 0.571. The van der Waals surface area contributed by atoms with Gasteiger partial charge in [0.05, 0.1) is 5.69 Å². The van der Waals surface area contributed by atoms with Crippen molar-refractivity contribution in [2.75, 3.05) is 6.54 Å². The van der Waals surface area contributed by atoms with E-state index in [1.54, 1.807) is 17.8 Å². The molecule has 2 atom stereocenters. The van der Waals surface area contributed by atoms with Crippen LogP contribution in [-0.2, 0) is 17.1 Å². The van der Waals surface area contributed by atoms with Gasteiger partial charge in [0.25, 0.3) is 0 Å². The highest BCUT2D eigenvalue weighted by Crippen LogP contribution is 2.27. The van der Waals surface area contributed by atoms with Crippen molar-refractivity contribution in [1.82, 2.24) is 19.5 Å². The third-order valence-electron chi connectivity index (χ3n) is 4.42. The summed E-state index contributed by atoms with van der Waals surface area (Å²) in [7, 11) is -1.80. The number of hydrogen-bond donors (Lipinski definition) is 2. The van der Waals surface area contributed by atoms with E-state index in [-0.39, 0.29) is 16.9 Å². The second-order valence-corrected chi connectivity index (χ2v) is 7.62. The predicted octanol–water partition coefficient (Wildman–Crippen LogP) is 0.682. The summed E-state index contributed by atoms with van der Waals surface area (Å²) in [6.45, 7) is 2.35. The van der Waals surface area contributed by atoms with Crippen molar-refractivity contribution in [3.63, 3.8) is 0 Å². The van der Waals surface area contributed by atoms with Crippen molar-refractivity contribution >= 4 is 21.1 Å². The summed E-state index contributed by atoms with van der Waals surface area (Å²) >= 11 is 0. The molecule has 8 heteroatoms. The summed E-state index contributed by atoms with van der Waals surface area (Å²) in [5.74, 6) is 0.214. The summed E-state index contributed by atoms with van der Waals surface area (Å²) < 4.78 is 29.6. The largest absolute Gasteiger partial charge is 0.330 e. The van der Waals surface area contributed by atoms with E-state index < -0.39 is 10.0 Å². The zero-order valence-electron chi connectivity index (χ0n) is 12.8. The molecule has 2 aromatic heterocycles. The first kappa shape index (κ1) is 15.4. The van der Waals surface area contributed by atoms with Crippen LogP contribution in [0.25, 0.3) is 11.0 Å². The normalized spacial score (nSPS) is 22.5. The van der Waals surface area contributed by atoms with Crippen LogP contribution < -0.4 is 10.5 Å². The van der Waals surface area contributed by atoms with Crippen LogP contribution in [0, 0.1) is 12.8 Å². The van der Waals surface area contributed by atoms with Gasteiger partial charge in [-0.15, -0.1) is 0 Å². The molecule has 22 heavy (non-hydrogen) atoms. The zero-order valence-corrected chi connectivity index (χ0v) is 13.6. The maximum Gasteiger partial charge on any atom is 0.242 e. The third-order valence-corrected chi connectivity index (χ3v) is 5.87. The van der Waals surface area contributed by atoms with E-state index >= 15 is 0 Å². The molecular weight excluding hydrogens is 302 g/mol. The Bertz CT molecular complexity index is 799. The summed E-state index contributed by atoms with van der Waals surface area (Å²) in [5.41, 5.74) is 7.16. The molecule has 7 nitrogen and oxygen atoms in total. The van der Waals surface area contributed by atoms with Gasteiger partial charge in [0.1, 0.15) is 4.90 Å². The molecule has 1 saturated carbocycles. The first-order chi connectivity index (χ1) is 10.4. The highest BCUT2D eigenvalue weighted by atomic mass is 32.2. The molecule has 3 rings (SSSR count). The molecule has 0 aliphatic heterocycles. The molecule has 1 aliphatic rings. The second kappa shape index (κ2) is 5.60. The topological polar surface area (TPSA) is 103 Å². The SMILES string of the molecule is Cc1nn(C)c2ncc(S(=O)(=O)N[C@@H]3CCC[C@@H]3CN)cc12. The Labute approximate surface area is 130 Å². The van der Waals surface area contributed by atoms with Crippen LogP contribution in [0.5, 0.6) is 0 Å². The van der Waals surface area contributed by atoms with Crippen LogP contribution in [0.15, 0.2) is 17.2 Å². The minimum absolute atomic E-state index is 0.0827. The standard InChI is InChI=1S/C14H21N5O2S/c1-9-12-6-11(8-16-14(12)19(2)17-9)22(20,21)18-13-5-3-4-10(13)7-15/h6,8,10,13,18H,3-5,7,15H2,1-2H3/t10-,13-/m1/s1. The number of fused-ring (bicyclic) bond motifs is 1. The molecule has 0 bridgehead atoms. The predicted molar refractivity (Wildman–Crippen MR) is 83.8 cm³/mol. The summed E-state index contributed by atoms with van der Waals surface area (Å²) in [4.78, 5) is 4.42. The molecule has 0 amide bonds. The molecule has 0 aromatic carbocycles. The van der Waals surface area contributed by atoms with Gasteiger partial charge >= 0.3 is 0 Å². The van der Waals surface area contributed by atoms with Gasteiger partial charge < -0.3 is 5.73 Å². The number of aryl methyl sites for hydroxylation is 2. The maximum absolute atomic E-state index is 12.6. The van der Waals surface area contributed by atoms with Crippen molar-refractivity contribution in [1.29, 1.82) is 0 Å². The summed E-state index contributed by atoms with van der Waals surface area (Å²) in [6.07, 6.45) is 4.21. The lowest BCUT2D eigenvalue weighted by Gasteiger charge is -2.19. The molecule has 120 valence electrons. The van der Waals surface area contributed by atoms with Gasteiger partial charge in [-0.05, 0) is 38.3 Å². The van der Waals surface area contributed by atoms with Crippen LogP contribution in [0.2, 0.25) is 0 Å². The fourth-order valence-corrected chi connectivity index (χ4v) is 4.49. The lowest BCUT2D eigenvalue weighted by Crippen LogP contribution is -2.39. The Morgan fingerprint density at radius 1 is 1.45 bits per heavy atom. The lowest BCUT2D eigenvalue weighted by atomic mass is 10.1. The monoisotopic (exact) mass is 323 g/mol. The molecule has 1 fully saturated rings. The Balaban J connectivity index is 1.93. The molecule has 3 N–H and O–H groups in total. The van der Waals surface area contributed by atoms with Gasteiger partial charge in [0.2, 0.25) is 10.0 Å². The number of rotatable bonds is 4. The van der Waals surface area contributed by atoms with E-state index in [4.69, 9.17) is 5.73 Å². The first-order valence-electron chi connectivity index (χ1n) is 7.44. The van der Waals surface area contributed by atoms with E-state index in [0.717, 1.165) is 30.3 Å². The van der Waals surface area contributed by atoms with Crippen molar-refractivity contribution in [2.24, 2.45) is 18.7 Å². The number of sulfonamides is 1.